The van der Waals surface area contributed by atoms with Crippen LogP contribution in [0, 0.1) is 0 Å². The van der Waals surface area contributed by atoms with Crippen molar-refractivity contribution in [3.8, 4) is 17.2 Å². The van der Waals surface area contributed by atoms with E-state index in [4.69, 9.17) is 9.47 Å². The van der Waals surface area contributed by atoms with Crippen molar-refractivity contribution in [3.05, 3.63) is 103 Å². The lowest BCUT2D eigenvalue weighted by Crippen LogP contribution is -2.11. The summed E-state index contributed by atoms with van der Waals surface area (Å²) in [6, 6.07) is 30.6. The number of para-hydroxylation sites is 1. The van der Waals surface area contributed by atoms with E-state index in [1.54, 1.807) is 24.3 Å². The van der Waals surface area contributed by atoms with Gasteiger partial charge in [-0.1, -0.05) is 60.7 Å². The SMILES string of the molecule is O=C(Cc1cccc2ccccc12)Oc1ccc(Oc2ccccc2)cc1. The summed E-state index contributed by atoms with van der Waals surface area (Å²) in [5, 5.41) is 2.19. The van der Waals surface area contributed by atoms with E-state index in [9.17, 15) is 4.79 Å². The third kappa shape index (κ3) is 4.15. The molecule has 27 heavy (non-hydrogen) atoms. The number of carbonyl (C=O) groups is 1. The van der Waals surface area contributed by atoms with E-state index in [-0.39, 0.29) is 12.4 Å². The molecule has 0 bridgehead atoms. The molecule has 0 aromatic heterocycles. The van der Waals surface area contributed by atoms with Crippen LogP contribution in [0.2, 0.25) is 0 Å². The van der Waals surface area contributed by atoms with E-state index in [1.807, 2.05) is 72.8 Å². The van der Waals surface area contributed by atoms with Gasteiger partial charge in [-0.25, -0.2) is 0 Å². The third-order valence-electron chi connectivity index (χ3n) is 4.25. The summed E-state index contributed by atoms with van der Waals surface area (Å²) in [7, 11) is 0. The van der Waals surface area contributed by atoms with Crippen molar-refractivity contribution < 1.29 is 14.3 Å². The highest BCUT2D eigenvalue weighted by Gasteiger charge is 2.09. The Kier molecular flexibility index (Phi) is 4.84. The summed E-state index contributed by atoms with van der Waals surface area (Å²) < 4.78 is 11.2. The Morgan fingerprint density at radius 2 is 1.26 bits per heavy atom. The lowest BCUT2D eigenvalue weighted by molar-refractivity contribution is -0.133. The molecule has 0 unspecified atom stereocenters. The first-order chi connectivity index (χ1) is 13.3. The Morgan fingerprint density at radius 1 is 0.630 bits per heavy atom. The highest BCUT2D eigenvalue weighted by Crippen LogP contribution is 2.24. The Balaban J connectivity index is 1.42. The van der Waals surface area contributed by atoms with Gasteiger partial charge in [0.05, 0.1) is 6.42 Å². The van der Waals surface area contributed by atoms with Crippen LogP contribution in [-0.4, -0.2) is 5.97 Å². The average Bonchev–Trinajstić information content (AvgIpc) is 2.71. The molecule has 4 rings (SSSR count). The lowest BCUT2D eigenvalue weighted by Gasteiger charge is -2.09. The Bertz CT molecular complexity index is 1050. The first-order valence-electron chi connectivity index (χ1n) is 8.78. The molecule has 4 aromatic carbocycles. The minimum absolute atomic E-state index is 0.226. The number of hydrogen-bond acceptors (Lipinski definition) is 3. The second-order valence-electron chi connectivity index (χ2n) is 6.18. The topological polar surface area (TPSA) is 35.5 Å². The molecule has 0 heterocycles. The predicted molar refractivity (Wildman–Crippen MR) is 106 cm³/mol. The van der Waals surface area contributed by atoms with Gasteiger partial charge in [0.25, 0.3) is 0 Å². The number of ether oxygens (including phenoxy) is 2. The summed E-state index contributed by atoms with van der Waals surface area (Å²) in [5.41, 5.74) is 0.960. The molecule has 0 atom stereocenters. The highest BCUT2D eigenvalue weighted by molar-refractivity contribution is 5.89. The Morgan fingerprint density at radius 3 is 2.07 bits per heavy atom. The second kappa shape index (κ2) is 7.75. The summed E-state index contributed by atoms with van der Waals surface area (Å²) >= 11 is 0. The quantitative estimate of drug-likeness (QED) is 0.337. The number of esters is 1. The number of carbonyl (C=O) groups excluding carboxylic acids is 1. The lowest BCUT2D eigenvalue weighted by atomic mass is 10.0. The van der Waals surface area contributed by atoms with Gasteiger partial charge in [0, 0.05) is 0 Å². The zero-order valence-electron chi connectivity index (χ0n) is 14.7. The molecule has 0 aliphatic carbocycles. The molecule has 0 saturated heterocycles. The van der Waals surface area contributed by atoms with Crippen molar-refractivity contribution in [1.29, 1.82) is 0 Å². The molecule has 0 saturated carbocycles. The largest absolute Gasteiger partial charge is 0.457 e. The van der Waals surface area contributed by atoms with Gasteiger partial charge in [-0.05, 0) is 52.7 Å². The molecule has 0 amide bonds. The molecule has 0 spiro atoms. The molecule has 4 aromatic rings. The normalized spacial score (nSPS) is 10.5. The van der Waals surface area contributed by atoms with Gasteiger partial charge in [-0.2, -0.15) is 0 Å². The number of hydrogen-bond donors (Lipinski definition) is 0. The maximum absolute atomic E-state index is 12.3. The highest BCUT2D eigenvalue weighted by atomic mass is 16.5. The maximum atomic E-state index is 12.3. The standard InChI is InChI=1S/C24H18O3/c25-24(17-19-9-6-8-18-7-4-5-12-23(18)19)27-22-15-13-21(14-16-22)26-20-10-2-1-3-11-20/h1-16H,17H2. The van der Waals surface area contributed by atoms with Crippen molar-refractivity contribution in [1.82, 2.24) is 0 Å². The number of rotatable bonds is 5. The zero-order chi connectivity index (χ0) is 18.5. The monoisotopic (exact) mass is 354 g/mol. The van der Waals surface area contributed by atoms with Gasteiger partial charge in [-0.3, -0.25) is 4.79 Å². The van der Waals surface area contributed by atoms with E-state index >= 15 is 0 Å². The molecule has 0 N–H and O–H groups in total. The first-order valence-corrected chi connectivity index (χ1v) is 8.78. The third-order valence-corrected chi connectivity index (χ3v) is 4.25. The Labute approximate surface area is 157 Å². The maximum Gasteiger partial charge on any atom is 0.315 e. The molecule has 0 fully saturated rings. The van der Waals surface area contributed by atoms with Gasteiger partial charge in [0.1, 0.15) is 17.2 Å². The fraction of sp³-hybridized carbons (Fsp3) is 0.0417. The molecule has 132 valence electrons. The van der Waals surface area contributed by atoms with Crippen molar-refractivity contribution in [3.63, 3.8) is 0 Å². The van der Waals surface area contributed by atoms with Crippen LogP contribution in [0.1, 0.15) is 5.56 Å². The van der Waals surface area contributed by atoms with Crippen LogP contribution in [0.25, 0.3) is 10.8 Å². The van der Waals surface area contributed by atoms with Crippen molar-refractivity contribution in [2.24, 2.45) is 0 Å². The van der Waals surface area contributed by atoms with Crippen LogP contribution in [0.3, 0.4) is 0 Å². The van der Waals surface area contributed by atoms with E-state index in [2.05, 4.69) is 0 Å². The molecule has 3 heteroatoms. The van der Waals surface area contributed by atoms with E-state index in [0.29, 0.717) is 11.5 Å². The van der Waals surface area contributed by atoms with Crippen LogP contribution in [0.5, 0.6) is 17.2 Å². The van der Waals surface area contributed by atoms with Crippen LogP contribution < -0.4 is 9.47 Å². The molecule has 0 aliphatic rings. The molecular weight excluding hydrogens is 336 g/mol. The van der Waals surface area contributed by atoms with Gasteiger partial charge < -0.3 is 9.47 Å². The van der Waals surface area contributed by atoms with Crippen LogP contribution in [0.15, 0.2) is 97.1 Å². The van der Waals surface area contributed by atoms with Crippen LogP contribution in [-0.2, 0) is 11.2 Å². The van der Waals surface area contributed by atoms with Crippen LogP contribution in [0.4, 0.5) is 0 Å². The summed E-state index contributed by atoms with van der Waals surface area (Å²) in [5.74, 6) is 1.66. The van der Waals surface area contributed by atoms with Crippen molar-refractivity contribution >= 4 is 16.7 Å². The number of benzene rings is 4. The minimum atomic E-state index is -0.289. The predicted octanol–water partition coefficient (Wildman–Crippen LogP) is 5.78. The molecule has 3 nitrogen and oxygen atoms in total. The van der Waals surface area contributed by atoms with Crippen LogP contribution >= 0.6 is 0 Å². The van der Waals surface area contributed by atoms with Crippen molar-refractivity contribution in [2.45, 2.75) is 6.42 Å². The van der Waals surface area contributed by atoms with E-state index in [0.717, 1.165) is 22.1 Å². The van der Waals surface area contributed by atoms with Crippen molar-refractivity contribution in [2.75, 3.05) is 0 Å². The Hall–Kier alpha value is -3.59. The summed E-state index contributed by atoms with van der Waals surface area (Å²) in [6.45, 7) is 0. The second-order valence-corrected chi connectivity index (χ2v) is 6.18. The summed E-state index contributed by atoms with van der Waals surface area (Å²) in [6.07, 6.45) is 0.226. The van der Waals surface area contributed by atoms with Gasteiger partial charge in [0.2, 0.25) is 0 Å². The molecular formula is C24H18O3. The first kappa shape index (κ1) is 16.9. The summed E-state index contributed by atoms with van der Waals surface area (Å²) in [4.78, 5) is 12.3. The van der Waals surface area contributed by atoms with Gasteiger partial charge in [0.15, 0.2) is 0 Å². The zero-order valence-corrected chi connectivity index (χ0v) is 14.7. The van der Waals surface area contributed by atoms with Gasteiger partial charge >= 0.3 is 5.97 Å². The molecule has 0 aliphatic heterocycles. The minimum Gasteiger partial charge on any atom is -0.457 e. The van der Waals surface area contributed by atoms with E-state index in [1.165, 1.54) is 0 Å². The fourth-order valence-electron chi connectivity index (χ4n) is 2.97. The average molecular weight is 354 g/mol. The van der Waals surface area contributed by atoms with Gasteiger partial charge in [-0.15, -0.1) is 0 Å². The number of fused-ring (bicyclic) bond motifs is 1. The molecule has 0 radical (unpaired) electrons. The smallest absolute Gasteiger partial charge is 0.315 e. The fourth-order valence-corrected chi connectivity index (χ4v) is 2.97. The van der Waals surface area contributed by atoms with E-state index < -0.39 is 0 Å².